The topological polar surface area (TPSA) is 39.1 Å². The van der Waals surface area contributed by atoms with Gasteiger partial charge in [-0.2, -0.15) is 5.26 Å². The van der Waals surface area contributed by atoms with Gasteiger partial charge in [-0.05, 0) is 38.8 Å². The number of rotatable bonds is 4. The maximum absolute atomic E-state index is 9.06. The lowest BCUT2D eigenvalue weighted by Gasteiger charge is -2.23. The van der Waals surface area contributed by atoms with Crippen LogP contribution < -0.4 is 5.32 Å². The molecule has 0 aromatic heterocycles. The summed E-state index contributed by atoms with van der Waals surface area (Å²) >= 11 is 0. The van der Waals surface area contributed by atoms with Gasteiger partial charge in [-0.1, -0.05) is 12.8 Å². The predicted molar refractivity (Wildman–Crippen MR) is 60.5 cm³/mol. The summed E-state index contributed by atoms with van der Waals surface area (Å²) in [4.78, 5) is 2.45. The molecule has 2 aliphatic rings. The summed E-state index contributed by atoms with van der Waals surface area (Å²) in [5.74, 6) is 0. The van der Waals surface area contributed by atoms with Crippen LogP contribution in [0.4, 0.5) is 0 Å². The molecule has 1 saturated heterocycles. The third-order valence-corrected chi connectivity index (χ3v) is 3.31. The van der Waals surface area contributed by atoms with Crippen LogP contribution in [0.2, 0.25) is 0 Å². The standard InChI is InChI=1S/C12H21N3/c13-9-12(14-11-5-6-11)10-15-7-3-1-2-4-8-15/h11-12,14H,1-8,10H2. The van der Waals surface area contributed by atoms with E-state index in [1.165, 1.54) is 51.6 Å². The average Bonchev–Trinajstić information content (AvgIpc) is 3.04. The highest BCUT2D eigenvalue weighted by Crippen LogP contribution is 2.19. The van der Waals surface area contributed by atoms with E-state index in [0.29, 0.717) is 6.04 Å². The van der Waals surface area contributed by atoms with E-state index >= 15 is 0 Å². The summed E-state index contributed by atoms with van der Waals surface area (Å²) in [5.41, 5.74) is 0. The Morgan fingerprint density at radius 2 is 1.87 bits per heavy atom. The van der Waals surface area contributed by atoms with Gasteiger partial charge in [0.05, 0.1) is 6.07 Å². The van der Waals surface area contributed by atoms with Crippen molar-refractivity contribution in [1.29, 1.82) is 5.26 Å². The van der Waals surface area contributed by atoms with Crippen LogP contribution >= 0.6 is 0 Å². The van der Waals surface area contributed by atoms with E-state index in [2.05, 4.69) is 16.3 Å². The molecule has 0 radical (unpaired) electrons. The molecule has 0 bridgehead atoms. The van der Waals surface area contributed by atoms with Crippen molar-refractivity contribution in [1.82, 2.24) is 10.2 Å². The fraction of sp³-hybridized carbons (Fsp3) is 0.917. The first-order valence-electron chi connectivity index (χ1n) is 6.26. The molecule has 0 spiro atoms. The van der Waals surface area contributed by atoms with Crippen molar-refractivity contribution < 1.29 is 0 Å². The van der Waals surface area contributed by atoms with Crippen LogP contribution in [0, 0.1) is 11.3 Å². The predicted octanol–water partition coefficient (Wildman–Crippen LogP) is 1.51. The molecule has 1 saturated carbocycles. The molecule has 2 fully saturated rings. The third kappa shape index (κ3) is 3.81. The van der Waals surface area contributed by atoms with Gasteiger partial charge in [0.15, 0.2) is 0 Å². The molecule has 1 aliphatic heterocycles. The molecule has 0 aromatic carbocycles. The summed E-state index contributed by atoms with van der Waals surface area (Å²) < 4.78 is 0. The first-order valence-corrected chi connectivity index (χ1v) is 6.26. The molecular weight excluding hydrogens is 186 g/mol. The van der Waals surface area contributed by atoms with Gasteiger partial charge in [-0.3, -0.25) is 5.32 Å². The van der Waals surface area contributed by atoms with Gasteiger partial charge in [0, 0.05) is 12.6 Å². The minimum atomic E-state index is 0.0515. The molecule has 2 rings (SSSR count). The first-order chi connectivity index (χ1) is 7.38. The van der Waals surface area contributed by atoms with Crippen molar-refractivity contribution in [3.8, 4) is 6.07 Å². The van der Waals surface area contributed by atoms with Crippen LogP contribution in [0.1, 0.15) is 38.5 Å². The Morgan fingerprint density at radius 3 is 2.40 bits per heavy atom. The molecule has 1 heterocycles. The molecule has 1 unspecified atom stereocenters. The lowest BCUT2D eigenvalue weighted by atomic mass is 10.2. The quantitative estimate of drug-likeness (QED) is 0.759. The lowest BCUT2D eigenvalue weighted by molar-refractivity contribution is 0.267. The number of nitrogens with one attached hydrogen (secondary N) is 1. The summed E-state index contributed by atoms with van der Waals surface area (Å²) in [6.07, 6.45) is 7.87. The molecular formula is C12H21N3. The fourth-order valence-corrected chi connectivity index (χ4v) is 2.24. The Morgan fingerprint density at radius 1 is 1.20 bits per heavy atom. The number of likely N-dealkylation sites (tertiary alicyclic amines) is 1. The van der Waals surface area contributed by atoms with E-state index in [1.807, 2.05) is 0 Å². The zero-order chi connectivity index (χ0) is 10.5. The second-order valence-electron chi connectivity index (χ2n) is 4.84. The lowest BCUT2D eigenvalue weighted by Crippen LogP contribution is -2.41. The van der Waals surface area contributed by atoms with Gasteiger partial charge in [-0.15, -0.1) is 0 Å². The Kier molecular flexibility index (Phi) is 3.99. The van der Waals surface area contributed by atoms with Gasteiger partial charge in [-0.25, -0.2) is 0 Å². The van der Waals surface area contributed by atoms with Gasteiger partial charge in [0.2, 0.25) is 0 Å². The highest BCUT2D eigenvalue weighted by Gasteiger charge is 2.25. The van der Waals surface area contributed by atoms with Crippen molar-refractivity contribution in [2.75, 3.05) is 19.6 Å². The Balaban J connectivity index is 1.74. The highest BCUT2D eigenvalue weighted by atomic mass is 15.2. The molecule has 1 atom stereocenters. The van der Waals surface area contributed by atoms with Crippen molar-refractivity contribution in [3.63, 3.8) is 0 Å². The molecule has 0 aromatic rings. The van der Waals surface area contributed by atoms with Crippen LogP contribution in [0.5, 0.6) is 0 Å². The van der Waals surface area contributed by atoms with Gasteiger partial charge >= 0.3 is 0 Å². The van der Waals surface area contributed by atoms with Crippen molar-refractivity contribution in [2.24, 2.45) is 0 Å². The summed E-state index contributed by atoms with van der Waals surface area (Å²) in [7, 11) is 0. The Hall–Kier alpha value is -0.590. The maximum Gasteiger partial charge on any atom is 0.108 e. The van der Waals surface area contributed by atoms with Gasteiger partial charge < -0.3 is 4.90 Å². The molecule has 84 valence electrons. The molecule has 3 heteroatoms. The van der Waals surface area contributed by atoms with Gasteiger partial charge in [0.1, 0.15) is 6.04 Å². The van der Waals surface area contributed by atoms with E-state index in [9.17, 15) is 0 Å². The van der Waals surface area contributed by atoms with Crippen LogP contribution in [0.3, 0.4) is 0 Å². The van der Waals surface area contributed by atoms with E-state index in [-0.39, 0.29) is 6.04 Å². The molecule has 1 aliphatic carbocycles. The number of hydrogen-bond donors (Lipinski definition) is 1. The van der Waals surface area contributed by atoms with Crippen molar-refractivity contribution in [2.45, 2.75) is 50.6 Å². The Bertz CT molecular complexity index is 222. The fourth-order valence-electron chi connectivity index (χ4n) is 2.24. The van der Waals surface area contributed by atoms with E-state index < -0.39 is 0 Å². The van der Waals surface area contributed by atoms with Crippen LogP contribution in [0.25, 0.3) is 0 Å². The van der Waals surface area contributed by atoms with Crippen LogP contribution in [0.15, 0.2) is 0 Å². The Labute approximate surface area is 92.4 Å². The van der Waals surface area contributed by atoms with Crippen LogP contribution in [-0.2, 0) is 0 Å². The number of nitriles is 1. The largest absolute Gasteiger partial charge is 0.301 e. The molecule has 15 heavy (non-hydrogen) atoms. The molecule has 1 N–H and O–H groups in total. The summed E-state index contributed by atoms with van der Waals surface area (Å²) in [6, 6.07) is 3.08. The zero-order valence-electron chi connectivity index (χ0n) is 9.41. The van der Waals surface area contributed by atoms with E-state index in [0.717, 1.165) is 6.54 Å². The second kappa shape index (κ2) is 5.48. The summed E-state index contributed by atoms with van der Waals surface area (Å²) in [5, 5.41) is 12.5. The normalized spacial score (nSPS) is 25.5. The SMILES string of the molecule is N#CC(CN1CCCCCC1)NC1CC1. The van der Waals surface area contributed by atoms with Crippen molar-refractivity contribution >= 4 is 0 Å². The van der Waals surface area contributed by atoms with Crippen LogP contribution in [-0.4, -0.2) is 36.6 Å². The monoisotopic (exact) mass is 207 g/mol. The minimum Gasteiger partial charge on any atom is -0.301 e. The van der Waals surface area contributed by atoms with Crippen molar-refractivity contribution in [3.05, 3.63) is 0 Å². The minimum absolute atomic E-state index is 0.0515. The zero-order valence-corrected chi connectivity index (χ0v) is 9.41. The number of hydrogen-bond acceptors (Lipinski definition) is 3. The number of nitrogens with zero attached hydrogens (tertiary/aromatic N) is 2. The van der Waals surface area contributed by atoms with E-state index in [4.69, 9.17) is 5.26 Å². The summed E-state index contributed by atoms with van der Waals surface area (Å²) in [6.45, 7) is 3.29. The molecule has 3 nitrogen and oxygen atoms in total. The smallest absolute Gasteiger partial charge is 0.108 e. The average molecular weight is 207 g/mol. The van der Waals surface area contributed by atoms with Gasteiger partial charge in [0.25, 0.3) is 0 Å². The van der Waals surface area contributed by atoms with E-state index in [1.54, 1.807) is 0 Å². The third-order valence-electron chi connectivity index (χ3n) is 3.31. The molecule has 0 amide bonds. The maximum atomic E-state index is 9.06. The highest BCUT2D eigenvalue weighted by molar-refractivity contribution is 4.97. The second-order valence-corrected chi connectivity index (χ2v) is 4.84. The first kappa shape index (κ1) is 10.9.